The van der Waals surface area contributed by atoms with Crippen molar-refractivity contribution < 1.29 is 9.15 Å². The number of hydrogen-bond donors (Lipinski definition) is 2. The van der Waals surface area contributed by atoms with Crippen LogP contribution in [0.1, 0.15) is 30.7 Å². The first kappa shape index (κ1) is 19.4. The molecule has 0 atom stereocenters. The number of nitrogens with zero attached hydrogens (tertiary/aromatic N) is 3. The molecule has 2 N–H and O–H groups in total. The first-order valence-corrected chi connectivity index (χ1v) is 8.19. The fourth-order valence-electron chi connectivity index (χ4n) is 2.05. The zero-order valence-corrected chi connectivity index (χ0v) is 15.1. The molecular formula is C16H31N5O2. The molecule has 0 bridgehead atoms. The zero-order valence-electron chi connectivity index (χ0n) is 15.1. The van der Waals surface area contributed by atoms with Crippen LogP contribution in [0.2, 0.25) is 0 Å². The lowest BCUT2D eigenvalue weighted by molar-refractivity contribution is 0.180. The minimum absolute atomic E-state index is 0.438. The Morgan fingerprint density at radius 3 is 2.70 bits per heavy atom. The molecule has 1 aromatic rings. The summed E-state index contributed by atoms with van der Waals surface area (Å²) in [5.41, 5.74) is 0.922. The monoisotopic (exact) mass is 325 g/mol. The SMILES string of the molecule is CCNC(=NCc1nc(C)c(C)o1)NCCN(C)CCCOC. The van der Waals surface area contributed by atoms with Crippen molar-refractivity contribution in [2.24, 2.45) is 4.99 Å². The van der Waals surface area contributed by atoms with E-state index in [1.54, 1.807) is 7.11 Å². The van der Waals surface area contributed by atoms with Crippen LogP contribution < -0.4 is 10.6 Å². The van der Waals surface area contributed by atoms with Gasteiger partial charge in [0.05, 0.1) is 5.69 Å². The third kappa shape index (κ3) is 7.99. The Morgan fingerprint density at radius 2 is 2.09 bits per heavy atom. The Labute approximate surface area is 139 Å². The van der Waals surface area contributed by atoms with Crippen LogP contribution in [-0.2, 0) is 11.3 Å². The summed E-state index contributed by atoms with van der Waals surface area (Å²) in [5, 5.41) is 6.56. The van der Waals surface area contributed by atoms with Gasteiger partial charge in [0.1, 0.15) is 12.3 Å². The molecule has 0 spiro atoms. The van der Waals surface area contributed by atoms with Crippen molar-refractivity contribution in [3.63, 3.8) is 0 Å². The number of rotatable bonds is 10. The summed E-state index contributed by atoms with van der Waals surface area (Å²) in [7, 11) is 3.84. The van der Waals surface area contributed by atoms with Crippen LogP contribution in [0.3, 0.4) is 0 Å². The second-order valence-electron chi connectivity index (χ2n) is 5.52. The second kappa shape index (κ2) is 11.0. The number of hydrogen-bond acceptors (Lipinski definition) is 5. The molecule has 0 aromatic carbocycles. The summed E-state index contributed by atoms with van der Waals surface area (Å²) in [4.78, 5) is 11.1. The standard InChI is InChI=1S/C16H31N5O2/c1-6-17-16(18-8-10-21(4)9-7-11-22-5)19-12-15-20-13(2)14(3)23-15/h6-12H2,1-5H3,(H2,17,18,19). The van der Waals surface area contributed by atoms with Crippen molar-refractivity contribution in [1.29, 1.82) is 0 Å². The summed E-state index contributed by atoms with van der Waals surface area (Å²) in [6, 6.07) is 0. The fraction of sp³-hybridized carbons (Fsp3) is 0.750. The molecule has 0 aliphatic rings. The summed E-state index contributed by atoms with van der Waals surface area (Å²) in [6.07, 6.45) is 1.05. The normalized spacial score (nSPS) is 12.0. The number of aliphatic imine (C=N–C) groups is 1. The molecule has 1 rings (SSSR count). The van der Waals surface area contributed by atoms with Gasteiger partial charge in [-0.05, 0) is 34.2 Å². The predicted molar refractivity (Wildman–Crippen MR) is 92.8 cm³/mol. The van der Waals surface area contributed by atoms with E-state index < -0.39 is 0 Å². The van der Waals surface area contributed by atoms with Gasteiger partial charge in [0.25, 0.3) is 0 Å². The molecule has 0 aliphatic carbocycles. The van der Waals surface area contributed by atoms with Gasteiger partial charge in [0.2, 0.25) is 5.89 Å². The average Bonchev–Trinajstić information content (AvgIpc) is 2.83. The minimum Gasteiger partial charge on any atom is -0.444 e. The Bertz CT molecular complexity index is 454. The highest BCUT2D eigenvalue weighted by molar-refractivity contribution is 5.79. The molecular weight excluding hydrogens is 294 g/mol. The summed E-state index contributed by atoms with van der Waals surface area (Å²) >= 11 is 0. The van der Waals surface area contributed by atoms with E-state index in [1.165, 1.54) is 0 Å². The van der Waals surface area contributed by atoms with Gasteiger partial charge in [0, 0.05) is 39.9 Å². The Kier molecular flexibility index (Phi) is 9.31. The molecule has 7 heteroatoms. The van der Waals surface area contributed by atoms with Crippen molar-refractivity contribution in [2.75, 3.05) is 46.9 Å². The number of aromatic nitrogens is 1. The lowest BCUT2D eigenvalue weighted by Crippen LogP contribution is -2.41. The molecule has 0 aliphatic heterocycles. The lowest BCUT2D eigenvalue weighted by Gasteiger charge is -2.18. The zero-order chi connectivity index (χ0) is 17.1. The molecule has 0 fully saturated rings. The first-order chi connectivity index (χ1) is 11.1. The van der Waals surface area contributed by atoms with Crippen LogP contribution in [0.5, 0.6) is 0 Å². The Balaban J connectivity index is 2.37. The maximum absolute atomic E-state index is 5.55. The van der Waals surface area contributed by atoms with Gasteiger partial charge in [-0.1, -0.05) is 0 Å². The molecule has 1 heterocycles. The number of methoxy groups -OCH3 is 1. The first-order valence-electron chi connectivity index (χ1n) is 8.19. The summed E-state index contributed by atoms with van der Waals surface area (Å²) < 4.78 is 10.6. The molecule has 0 amide bonds. The number of ether oxygens (including phenoxy) is 1. The van der Waals surface area contributed by atoms with Crippen LogP contribution in [0.4, 0.5) is 0 Å². The lowest BCUT2D eigenvalue weighted by atomic mass is 10.4. The third-order valence-corrected chi connectivity index (χ3v) is 3.46. The maximum Gasteiger partial charge on any atom is 0.216 e. The highest BCUT2D eigenvalue weighted by Crippen LogP contribution is 2.08. The fourth-order valence-corrected chi connectivity index (χ4v) is 2.05. The van der Waals surface area contributed by atoms with E-state index in [-0.39, 0.29) is 0 Å². The third-order valence-electron chi connectivity index (χ3n) is 3.46. The Morgan fingerprint density at radius 1 is 1.30 bits per heavy atom. The number of guanidine groups is 1. The molecule has 0 saturated carbocycles. The quantitative estimate of drug-likeness (QED) is 0.384. The van der Waals surface area contributed by atoms with Crippen LogP contribution in [0.15, 0.2) is 9.41 Å². The molecule has 0 radical (unpaired) electrons. The highest BCUT2D eigenvalue weighted by atomic mass is 16.5. The van der Waals surface area contributed by atoms with E-state index in [0.717, 1.165) is 56.6 Å². The Hall–Kier alpha value is -1.60. The van der Waals surface area contributed by atoms with Crippen LogP contribution in [0.25, 0.3) is 0 Å². The van der Waals surface area contributed by atoms with Crippen LogP contribution in [0, 0.1) is 13.8 Å². The molecule has 0 unspecified atom stereocenters. The minimum atomic E-state index is 0.438. The largest absolute Gasteiger partial charge is 0.444 e. The summed E-state index contributed by atoms with van der Waals surface area (Å²) in [5.74, 6) is 2.28. The van der Waals surface area contributed by atoms with Gasteiger partial charge in [-0.2, -0.15) is 0 Å². The van der Waals surface area contributed by atoms with Gasteiger partial charge in [-0.15, -0.1) is 0 Å². The molecule has 1 aromatic heterocycles. The smallest absolute Gasteiger partial charge is 0.216 e. The van der Waals surface area contributed by atoms with Crippen molar-refractivity contribution in [2.45, 2.75) is 33.7 Å². The van der Waals surface area contributed by atoms with E-state index >= 15 is 0 Å². The van der Waals surface area contributed by atoms with E-state index in [9.17, 15) is 0 Å². The number of aryl methyl sites for hydroxylation is 2. The van der Waals surface area contributed by atoms with Crippen molar-refractivity contribution in [3.05, 3.63) is 17.3 Å². The van der Waals surface area contributed by atoms with Crippen molar-refractivity contribution in [3.8, 4) is 0 Å². The van der Waals surface area contributed by atoms with Crippen LogP contribution >= 0.6 is 0 Å². The van der Waals surface area contributed by atoms with Gasteiger partial charge < -0.3 is 24.7 Å². The van der Waals surface area contributed by atoms with Gasteiger partial charge in [-0.25, -0.2) is 9.98 Å². The van der Waals surface area contributed by atoms with E-state index in [2.05, 4.69) is 32.6 Å². The van der Waals surface area contributed by atoms with E-state index in [4.69, 9.17) is 9.15 Å². The predicted octanol–water partition coefficient (Wildman–Crippen LogP) is 1.31. The molecule has 132 valence electrons. The maximum atomic E-state index is 5.55. The summed E-state index contributed by atoms with van der Waals surface area (Å²) in [6.45, 7) is 10.8. The highest BCUT2D eigenvalue weighted by Gasteiger charge is 2.05. The van der Waals surface area contributed by atoms with Gasteiger partial charge >= 0.3 is 0 Å². The van der Waals surface area contributed by atoms with Crippen molar-refractivity contribution in [1.82, 2.24) is 20.5 Å². The number of oxazole rings is 1. The second-order valence-corrected chi connectivity index (χ2v) is 5.52. The van der Waals surface area contributed by atoms with Gasteiger partial charge in [-0.3, -0.25) is 0 Å². The average molecular weight is 325 g/mol. The van der Waals surface area contributed by atoms with Crippen molar-refractivity contribution >= 4 is 5.96 Å². The molecule has 7 nitrogen and oxygen atoms in total. The molecule has 0 saturated heterocycles. The van der Waals surface area contributed by atoms with E-state index in [0.29, 0.717) is 12.4 Å². The van der Waals surface area contributed by atoms with Crippen LogP contribution in [-0.4, -0.2) is 62.8 Å². The van der Waals surface area contributed by atoms with Gasteiger partial charge in [0.15, 0.2) is 5.96 Å². The molecule has 23 heavy (non-hydrogen) atoms. The topological polar surface area (TPSA) is 74.9 Å². The van der Waals surface area contributed by atoms with E-state index in [1.807, 2.05) is 20.8 Å². The number of nitrogens with one attached hydrogen (secondary N) is 2. The number of likely N-dealkylation sites (N-methyl/N-ethyl adjacent to an activating group) is 1.